The summed E-state index contributed by atoms with van der Waals surface area (Å²) >= 11 is 3.05. The summed E-state index contributed by atoms with van der Waals surface area (Å²) in [5.74, 6) is -0.383. The molecule has 1 aromatic heterocycles. The lowest BCUT2D eigenvalue weighted by molar-refractivity contribution is 0.234. The number of rotatable bonds is 6. The van der Waals surface area contributed by atoms with E-state index in [1.807, 2.05) is 5.48 Å². The number of nitrogens with zero attached hydrogens (tertiary/aromatic N) is 4. The molecule has 0 bridgehead atoms. The van der Waals surface area contributed by atoms with Crippen molar-refractivity contribution in [1.29, 1.82) is 0 Å². The van der Waals surface area contributed by atoms with Crippen molar-refractivity contribution in [3.8, 4) is 0 Å². The van der Waals surface area contributed by atoms with Crippen molar-refractivity contribution in [1.82, 2.24) is 20.1 Å². The second kappa shape index (κ2) is 8.22. The second-order valence-electron chi connectivity index (χ2n) is 5.68. The van der Waals surface area contributed by atoms with Crippen LogP contribution in [0.15, 0.2) is 44.1 Å². The van der Waals surface area contributed by atoms with Crippen LogP contribution in [0.25, 0.3) is 0 Å². The minimum absolute atomic E-state index is 0.0739. The average molecular weight is 476 g/mol. The van der Waals surface area contributed by atoms with Crippen molar-refractivity contribution in [2.45, 2.75) is 6.42 Å². The van der Waals surface area contributed by atoms with Crippen LogP contribution < -0.4 is 15.9 Å². The van der Waals surface area contributed by atoms with Crippen molar-refractivity contribution in [2.24, 2.45) is 10.1 Å². The molecule has 0 amide bonds. The lowest BCUT2D eigenvalue weighted by Gasteiger charge is -2.09. The number of aliphatic imine (C=N–C) groups is 1. The SMILES string of the molecule is NS(=O)(=O)N1C=C(CNc2nonc2C(=Nc2ccc(F)c(Br)c2)NO)CC1. The summed E-state index contributed by atoms with van der Waals surface area (Å²) < 4.78 is 42.0. The second-order valence-corrected chi connectivity index (χ2v) is 8.03. The summed E-state index contributed by atoms with van der Waals surface area (Å²) in [5.41, 5.74) is 3.08. The van der Waals surface area contributed by atoms with E-state index >= 15 is 0 Å². The van der Waals surface area contributed by atoms with Crippen LogP contribution in [0.2, 0.25) is 0 Å². The van der Waals surface area contributed by atoms with Gasteiger partial charge in [0.15, 0.2) is 11.5 Å². The highest BCUT2D eigenvalue weighted by atomic mass is 79.9. The largest absolute Gasteiger partial charge is 0.361 e. The average Bonchev–Trinajstić information content (AvgIpc) is 3.29. The Bertz CT molecular complexity index is 1040. The van der Waals surface area contributed by atoms with Gasteiger partial charge in [0.25, 0.3) is 10.2 Å². The van der Waals surface area contributed by atoms with Crippen molar-refractivity contribution < 1.29 is 22.6 Å². The first-order valence-electron chi connectivity index (χ1n) is 7.77. The lowest BCUT2D eigenvalue weighted by atomic mass is 10.2. The molecule has 0 saturated heterocycles. The summed E-state index contributed by atoms with van der Waals surface area (Å²) in [6.45, 7) is 0.498. The van der Waals surface area contributed by atoms with Gasteiger partial charge in [0.1, 0.15) is 5.82 Å². The zero-order chi connectivity index (χ0) is 20.3. The van der Waals surface area contributed by atoms with E-state index in [4.69, 9.17) is 9.77 Å². The van der Waals surface area contributed by atoms with E-state index in [1.54, 1.807) is 0 Å². The van der Waals surface area contributed by atoms with Gasteiger partial charge in [-0.25, -0.2) is 19.2 Å². The summed E-state index contributed by atoms with van der Waals surface area (Å²) in [6.07, 6.45) is 1.93. The Morgan fingerprint density at radius 2 is 2.25 bits per heavy atom. The molecule has 0 atom stereocenters. The fraction of sp³-hybridized carbons (Fsp3) is 0.214. The van der Waals surface area contributed by atoms with Crippen molar-refractivity contribution in [3.63, 3.8) is 0 Å². The zero-order valence-corrected chi connectivity index (χ0v) is 16.5. The van der Waals surface area contributed by atoms with Crippen LogP contribution in [0.4, 0.5) is 15.9 Å². The predicted molar refractivity (Wildman–Crippen MR) is 101 cm³/mol. The molecule has 2 aromatic rings. The fourth-order valence-corrected chi connectivity index (χ4v) is 3.40. The first-order chi connectivity index (χ1) is 13.3. The van der Waals surface area contributed by atoms with Gasteiger partial charge < -0.3 is 5.32 Å². The van der Waals surface area contributed by atoms with E-state index in [0.29, 0.717) is 12.1 Å². The third-order valence-corrected chi connectivity index (χ3v) is 5.30. The van der Waals surface area contributed by atoms with Crippen LogP contribution in [0.1, 0.15) is 12.1 Å². The number of anilines is 1. The maximum atomic E-state index is 13.3. The Labute approximate surface area is 167 Å². The van der Waals surface area contributed by atoms with Gasteiger partial charge in [-0.1, -0.05) is 0 Å². The van der Waals surface area contributed by atoms with Gasteiger partial charge in [0.2, 0.25) is 5.82 Å². The normalized spacial score (nSPS) is 14.9. The third kappa shape index (κ3) is 4.64. The number of nitrogens with two attached hydrogens (primary N) is 1. The zero-order valence-electron chi connectivity index (χ0n) is 14.1. The molecule has 0 saturated carbocycles. The summed E-state index contributed by atoms with van der Waals surface area (Å²) in [6, 6.07) is 4.03. The predicted octanol–water partition coefficient (Wildman–Crippen LogP) is 1.23. The molecule has 0 aliphatic carbocycles. The van der Waals surface area contributed by atoms with Gasteiger partial charge in [-0.15, -0.1) is 0 Å². The van der Waals surface area contributed by atoms with Crippen LogP contribution in [0.5, 0.6) is 0 Å². The van der Waals surface area contributed by atoms with Crippen molar-refractivity contribution in [3.05, 3.63) is 46.0 Å². The van der Waals surface area contributed by atoms with Gasteiger partial charge in [-0.3, -0.25) is 15.0 Å². The van der Waals surface area contributed by atoms with Crippen LogP contribution >= 0.6 is 15.9 Å². The fourth-order valence-electron chi connectivity index (χ4n) is 2.39. The minimum atomic E-state index is -3.78. The Hall–Kier alpha value is -2.55. The molecule has 14 heteroatoms. The van der Waals surface area contributed by atoms with Gasteiger partial charge in [0, 0.05) is 19.3 Å². The highest BCUT2D eigenvalue weighted by Crippen LogP contribution is 2.23. The maximum Gasteiger partial charge on any atom is 0.298 e. The molecule has 3 rings (SSSR count). The van der Waals surface area contributed by atoms with Crippen LogP contribution in [0.3, 0.4) is 0 Å². The minimum Gasteiger partial charge on any atom is -0.361 e. The molecule has 2 heterocycles. The van der Waals surface area contributed by atoms with Crippen molar-refractivity contribution in [2.75, 3.05) is 18.4 Å². The number of hydroxylamine groups is 1. The quantitative estimate of drug-likeness (QED) is 0.275. The first kappa shape index (κ1) is 20.2. The molecule has 1 aliphatic heterocycles. The molecule has 0 fully saturated rings. The Kier molecular flexibility index (Phi) is 5.93. The monoisotopic (exact) mass is 475 g/mol. The van der Waals surface area contributed by atoms with Crippen molar-refractivity contribution >= 4 is 43.5 Å². The number of amidine groups is 1. The van der Waals surface area contributed by atoms with Gasteiger partial charge >= 0.3 is 0 Å². The van der Waals surface area contributed by atoms with E-state index in [0.717, 1.165) is 9.88 Å². The molecule has 0 spiro atoms. The molecular formula is C14H15BrFN7O4S. The lowest BCUT2D eigenvalue weighted by Crippen LogP contribution is -2.30. The van der Waals surface area contributed by atoms with Gasteiger partial charge in [-0.2, -0.15) is 8.42 Å². The molecule has 1 aromatic carbocycles. The summed E-state index contributed by atoms with van der Waals surface area (Å²) in [5, 5.41) is 24.8. The number of halogens is 2. The molecule has 0 unspecified atom stereocenters. The first-order valence-corrected chi connectivity index (χ1v) is 10.1. The molecule has 0 radical (unpaired) electrons. The van der Waals surface area contributed by atoms with Gasteiger partial charge in [-0.05, 0) is 56.4 Å². The molecule has 5 N–H and O–H groups in total. The number of benzene rings is 1. The molecule has 1 aliphatic rings. The Morgan fingerprint density at radius 3 is 2.89 bits per heavy atom. The van der Waals surface area contributed by atoms with E-state index in [1.165, 1.54) is 24.4 Å². The van der Waals surface area contributed by atoms with Crippen LogP contribution in [0, 0.1) is 5.82 Å². The highest BCUT2D eigenvalue weighted by Gasteiger charge is 2.22. The molecular weight excluding hydrogens is 461 g/mol. The number of hydrogen-bond donors (Lipinski definition) is 4. The van der Waals surface area contributed by atoms with Crippen LogP contribution in [-0.2, 0) is 10.2 Å². The summed E-state index contributed by atoms with van der Waals surface area (Å²) in [4.78, 5) is 4.14. The summed E-state index contributed by atoms with van der Waals surface area (Å²) in [7, 11) is -3.78. The smallest absolute Gasteiger partial charge is 0.298 e. The maximum absolute atomic E-state index is 13.3. The van der Waals surface area contributed by atoms with E-state index in [9.17, 15) is 18.0 Å². The van der Waals surface area contributed by atoms with Gasteiger partial charge in [0.05, 0.1) is 10.2 Å². The van der Waals surface area contributed by atoms with E-state index in [2.05, 4.69) is 36.6 Å². The van der Waals surface area contributed by atoms with E-state index in [-0.39, 0.29) is 34.9 Å². The number of aromatic nitrogens is 2. The molecule has 11 nitrogen and oxygen atoms in total. The Morgan fingerprint density at radius 1 is 1.46 bits per heavy atom. The number of nitrogens with one attached hydrogen (secondary N) is 2. The highest BCUT2D eigenvalue weighted by molar-refractivity contribution is 9.10. The third-order valence-electron chi connectivity index (χ3n) is 3.75. The molecule has 28 heavy (non-hydrogen) atoms. The van der Waals surface area contributed by atoms with E-state index < -0.39 is 16.0 Å². The molecule has 150 valence electrons. The van der Waals surface area contributed by atoms with Crippen LogP contribution in [-0.4, -0.2) is 47.2 Å². The number of hydrogen-bond acceptors (Lipinski definition) is 8. The Balaban J connectivity index is 1.77. The topological polar surface area (TPSA) is 159 Å². The standard InChI is InChI=1S/C14H15BrFN7O4S/c15-10-5-9(1-2-11(10)16)19-14(20-24)12-13(22-27-21-12)18-6-8-3-4-23(7-8)28(17,25)26/h1-2,5,7,24H,3-4,6H2,(H,18,22)(H,19,20)(H2,17,25,26).